The maximum absolute atomic E-state index is 5.24. The van der Waals surface area contributed by atoms with Crippen molar-refractivity contribution in [3.05, 3.63) is 166 Å². The lowest BCUT2D eigenvalue weighted by molar-refractivity contribution is 0.660. The molecule has 2 aliphatic heterocycles. The molecule has 2 aliphatic carbocycles. The van der Waals surface area contributed by atoms with Gasteiger partial charge in [-0.05, 0) is 128 Å². The van der Waals surface area contributed by atoms with Gasteiger partial charge in [-0.2, -0.15) is 0 Å². The third-order valence-electron chi connectivity index (χ3n) is 12.1. The van der Waals surface area contributed by atoms with Crippen LogP contribution in [-0.4, -0.2) is 19.9 Å². The maximum Gasteiger partial charge on any atom is 0.0736 e. The van der Waals surface area contributed by atoms with E-state index >= 15 is 0 Å². The number of aromatic nitrogens is 4. The van der Waals surface area contributed by atoms with Gasteiger partial charge >= 0.3 is 0 Å². The van der Waals surface area contributed by atoms with Crippen molar-refractivity contribution < 1.29 is 0 Å². The van der Waals surface area contributed by atoms with Crippen LogP contribution < -0.4 is 0 Å². The van der Waals surface area contributed by atoms with Crippen molar-refractivity contribution in [2.45, 2.75) is 52.4 Å². The monoisotopic (exact) mass is 724 g/mol. The number of aromatic amines is 2. The number of fused-ring (bicyclic) bond motifs is 14. The van der Waals surface area contributed by atoms with Gasteiger partial charge < -0.3 is 9.97 Å². The second kappa shape index (κ2) is 12.5. The molecule has 0 fully saturated rings. The van der Waals surface area contributed by atoms with Crippen LogP contribution in [0.2, 0.25) is 0 Å². The maximum atomic E-state index is 5.24. The van der Waals surface area contributed by atoms with Gasteiger partial charge in [-0.1, -0.05) is 114 Å². The zero-order chi connectivity index (χ0) is 38.3. The van der Waals surface area contributed by atoms with Crippen molar-refractivity contribution in [3.63, 3.8) is 0 Å². The van der Waals surface area contributed by atoms with E-state index in [1.54, 1.807) is 0 Å². The summed E-state index contributed by atoms with van der Waals surface area (Å²) in [5.74, 6) is 0. The third kappa shape index (κ3) is 5.12. The molecule has 8 bridgehead atoms. The quantitative estimate of drug-likeness (QED) is 0.186. The predicted octanol–water partition coefficient (Wildman–Crippen LogP) is 13.6. The molecule has 4 heteroatoms. The number of rotatable bonds is 2. The van der Waals surface area contributed by atoms with Gasteiger partial charge in [-0.25, -0.2) is 9.97 Å². The average Bonchev–Trinajstić information content (AvgIpc) is 4.09. The van der Waals surface area contributed by atoms with Crippen LogP contribution in [0, 0.1) is 0 Å². The number of hydrogen-bond acceptors (Lipinski definition) is 2. The molecule has 2 N–H and O–H groups in total. The van der Waals surface area contributed by atoms with Gasteiger partial charge in [0.2, 0.25) is 0 Å². The van der Waals surface area contributed by atoms with Gasteiger partial charge in [0.25, 0.3) is 0 Å². The van der Waals surface area contributed by atoms with E-state index in [0.717, 1.165) is 67.1 Å². The fourth-order valence-electron chi connectivity index (χ4n) is 9.40. The Morgan fingerprint density at radius 1 is 0.411 bits per heavy atom. The van der Waals surface area contributed by atoms with Gasteiger partial charge in [-0.3, -0.25) is 0 Å². The summed E-state index contributed by atoms with van der Waals surface area (Å²) < 4.78 is 0. The predicted molar refractivity (Wildman–Crippen MR) is 236 cm³/mol. The van der Waals surface area contributed by atoms with Gasteiger partial charge in [0.1, 0.15) is 0 Å². The molecule has 5 heterocycles. The Morgan fingerprint density at radius 2 is 0.821 bits per heavy atom. The Labute approximate surface area is 328 Å². The van der Waals surface area contributed by atoms with E-state index in [1.807, 2.05) is 13.8 Å². The third-order valence-corrected chi connectivity index (χ3v) is 12.1. The summed E-state index contributed by atoms with van der Waals surface area (Å²) in [5.41, 5.74) is 22.7. The smallest absolute Gasteiger partial charge is 0.0736 e. The minimum Gasteiger partial charge on any atom is -0.355 e. The fourth-order valence-corrected chi connectivity index (χ4v) is 9.40. The Bertz CT molecular complexity index is 2790. The van der Waals surface area contributed by atoms with E-state index in [1.165, 1.54) is 44.5 Å². The van der Waals surface area contributed by atoms with Crippen molar-refractivity contribution in [3.8, 4) is 44.5 Å². The molecule has 0 atom stereocenters. The summed E-state index contributed by atoms with van der Waals surface area (Å²) in [6.45, 7) is 13.3. The van der Waals surface area contributed by atoms with Crippen molar-refractivity contribution >= 4 is 46.4 Å². The summed E-state index contributed by atoms with van der Waals surface area (Å²) in [5, 5.41) is 0. The van der Waals surface area contributed by atoms with Crippen LogP contribution in [0.4, 0.5) is 0 Å². The van der Waals surface area contributed by atoms with E-state index in [4.69, 9.17) is 9.97 Å². The van der Waals surface area contributed by atoms with E-state index in [9.17, 15) is 0 Å². The van der Waals surface area contributed by atoms with Crippen LogP contribution in [0.5, 0.6) is 0 Å². The van der Waals surface area contributed by atoms with Crippen LogP contribution in [0.15, 0.2) is 121 Å². The number of hydrogen-bond donors (Lipinski definition) is 2. The molecule has 272 valence electrons. The largest absolute Gasteiger partial charge is 0.355 e. The Morgan fingerprint density at radius 3 is 1.27 bits per heavy atom. The van der Waals surface area contributed by atoms with Crippen molar-refractivity contribution in [1.82, 2.24) is 19.9 Å². The Balaban J connectivity index is 0.00000189. The van der Waals surface area contributed by atoms with E-state index in [-0.39, 0.29) is 10.8 Å². The lowest BCUT2D eigenvalue weighted by Gasteiger charge is -2.22. The Kier molecular flexibility index (Phi) is 7.59. The van der Waals surface area contributed by atoms with Crippen LogP contribution in [-0.2, 0) is 10.8 Å². The van der Waals surface area contributed by atoms with E-state index in [0.29, 0.717) is 0 Å². The number of H-pyrrole nitrogens is 2. The molecule has 56 heavy (non-hydrogen) atoms. The van der Waals surface area contributed by atoms with Gasteiger partial charge in [0.05, 0.1) is 22.8 Å². The second-order valence-corrected chi connectivity index (χ2v) is 16.1. The molecular weight excluding hydrogens is 681 g/mol. The zero-order valence-electron chi connectivity index (χ0n) is 32.8. The highest BCUT2D eigenvalue weighted by atomic mass is 14.8. The normalized spacial score (nSPS) is 14.8. The molecule has 11 rings (SSSR count). The highest BCUT2D eigenvalue weighted by Crippen LogP contribution is 2.51. The zero-order valence-corrected chi connectivity index (χ0v) is 32.8. The first kappa shape index (κ1) is 34.0. The first-order valence-electron chi connectivity index (χ1n) is 19.8. The van der Waals surface area contributed by atoms with Gasteiger partial charge in [0.15, 0.2) is 0 Å². The first-order valence-corrected chi connectivity index (χ1v) is 19.8. The minimum absolute atomic E-state index is 0.1000. The fraction of sp³-hybridized carbons (Fsp3) is 0.154. The number of benzene rings is 4. The molecule has 0 radical (unpaired) electrons. The molecular formula is C52H44N4. The lowest BCUT2D eigenvalue weighted by atomic mass is 9.81. The molecule has 0 spiro atoms. The van der Waals surface area contributed by atoms with Crippen molar-refractivity contribution in [2.24, 2.45) is 0 Å². The van der Waals surface area contributed by atoms with Crippen LogP contribution in [0.3, 0.4) is 0 Å². The molecule has 4 aliphatic rings. The first-order chi connectivity index (χ1) is 27.2. The minimum atomic E-state index is -0.1000. The van der Waals surface area contributed by atoms with Crippen LogP contribution in [0.25, 0.3) is 90.9 Å². The average molecular weight is 725 g/mol. The summed E-state index contributed by atoms with van der Waals surface area (Å²) in [6.07, 6.45) is 8.53. The molecule has 4 nitrogen and oxygen atoms in total. The van der Waals surface area contributed by atoms with Crippen LogP contribution >= 0.6 is 0 Å². The molecule has 0 unspecified atom stereocenters. The summed E-state index contributed by atoms with van der Waals surface area (Å²) in [6, 6.07) is 44.4. The molecule has 4 aromatic carbocycles. The highest BCUT2D eigenvalue weighted by molar-refractivity contribution is 5.95. The van der Waals surface area contributed by atoms with Crippen molar-refractivity contribution in [2.75, 3.05) is 0 Å². The summed E-state index contributed by atoms with van der Waals surface area (Å²) in [7, 11) is 0. The van der Waals surface area contributed by atoms with E-state index in [2.05, 4.69) is 183 Å². The number of nitrogens with one attached hydrogen (secondary N) is 2. The molecule has 7 aromatic rings. The summed E-state index contributed by atoms with van der Waals surface area (Å²) >= 11 is 0. The van der Waals surface area contributed by atoms with E-state index < -0.39 is 0 Å². The molecule has 0 amide bonds. The van der Waals surface area contributed by atoms with Crippen LogP contribution in [0.1, 0.15) is 86.6 Å². The molecule has 0 saturated heterocycles. The SMILES string of the molecule is CC.CC1(C)c2ccccc2-c2ccc(-c3c4nc(cc5ccc([nH]5)c(-c5ccc6c(c5)C(C)(C)c5ccccc5-6)c5nc(cc6ccc3[nH]6)C=C5)C=C4)cc21. The standard InChI is InChI=1S/C50H38N4.C2H6/c1-49(2)39-11-7-5-9-35(39)37-19-13-29(25-41(37)49)47-43-21-15-31(51-43)27-33-17-23-45(53-33)48(46-24-18-34(54-46)28-32-16-22-44(47)52-32)30-14-20-38-36-10-6-8-12-40(36)50(3,4)42(38)26-30;1-2/h5-28,51,54H,1-4H3;1-2H3. The number of nitrogens with zero attached hydrogens (tertiary/aromatic N) is 2. The van der Waals surface area contributed by atoms with Gasteiger partial charge in [0, 0.05) is 44.0 Å². The Hall–Kier alpha value is -6.52. The molecule has 0 saturated carbocycles. The second-order valence-electron chi connectivity index (χ2n) is 16.1. The topological polar surface area (TPSA) is 57.4 Å². The molecule has 3 aromatic heterocycles. The lowest BCUT2D eigenvalue weighted by Crippen LogP contribution is -2.14. The van der Waals surface area contributed by atoms with Crippen molar-refractivity contribution in [1.29, 1.82) is 0 Å². The summed E-state index contributed by atoms with van der Waals surface area (Å²) in [4.78, 5) is 18.0. The van der Waals surface area contributed by atoms with Gasteiger partial charge in [-0.15, -0.1) is 0 Å². The highest BCUT2D eigenvalue weighted by Gasteiger charge is 2.36.